The number of rotatable bonds is 6. The van der Waals surface area contributed by atoms with Crippen LogP contribution in [0.1, 0.15) is 47.4 Å². The van der Waals surface area contributed by atoms with Crippen molar-refractivity contribution in [2.45, 2.75) is 41.0 Å². The molecule has 0 aliphatic heterocycles. The quantitative estimate of drug-likeness (QED) is 0.344. The van der Waals surface area contributed by atoms with Crippen molar-refractivity contribution in [3.63, 3.8) is 0 Å². The lowest BCUT2D eigenvalue weighted by atomic mass is 9.98. The number of carbonyl (C=O) groups is 1. The van der Waals surface area contributed by atoms with Gasteiger partial charge in [-0.3, -0.25) is 0 Å². The zero-order valence-electron chi connectivity index (χ0n) is 18.6. The van der Waals surface area contributed by atoms with Crippen LogP contribution in [0.15, 0.2) is 42.9 Å². The highest BCUT2D eigenvalue weighted by Crippen LogP contribution is 2.34. The highest BCUT2D eigenvalue weighted by Gasteiger charge is 2.18. The molecule has 0 atom stereocenters. The van der Waals surface area contributed by atoms with Crippen molar-refractivity contribution in [1.29, 1.82) is 0 Å². The van der Waals surface area contributed by atoms with E-state index in [0.717, 1.165) is 38.6 Å². The molecule has 0 fully saturated rings. The summed E-state index contributed by atoms with van der Waals surface area (Å²) < 4.78 is 7.10. The molecule has 0 aliphatic carbocycles. The molecule has 3 aromatic heterocycles. The number of aromatic nitrogens is 3. The van der Waals surface area contributed by atoms with E-state index in [0.29, 0.717) is 18.2 Å². The molecule has 0 amide bonds. The SMILES string of the molecule is CCOC(=O)c1cn2cc(-c3cnc(CC(C)C)s3)cc(-c3ccc(C)cc3C)c2n1. The Labute approximate surface area is 186 Å². The van der Waals surface area contributed by atoms with Crippen LogP contribution in [-0.4, -0.2) is 26.9 Å². The van der Waals surface area contributed by atoms with Crippen LogP contribution in [0.3, 0.4) is 0 Å². The summed E-state index contributed by atoms with van der Waals surface area (Å²) in [7, 11) is 0. The second-order valence-electron chi connectivity index (χ2n) is 8.25. The van der Waals surface area contributed by atoms with E-state index in [4.69, 9.17) is 4.74 Å². The van der Waals surface area contributed by atoms with Gasteiger partial charge in [0.15, 0.2) is 5.69 Å². The van der Waals surface area contributed by atoms with Gasteiger partial charge in [0, 0.05) is 36.1 Å². The Morgan fingerprint density at radius 1 is 1.16 bits per heavy atom. The van der Waals surface area contributed by atoms with Gasteiger partial charge in [-0.1, -0.05) is 37.6 Å². The molecule has 0 saturated heterocycles. The molecule has 0 N–H and O–H groups in total. The van der Waals surface area contributed by atoms with E-state index in [1.807, 2.05) is 16.8 Å². The number of benzene rings is 1. The number of carbonyl (C=O) groups excluding carboxylic acids is 1. The molecule has 31 heavy (non-hydrogen) atoms. The van der Waals surface area contributed by atoms with Gasteiger partial charge in [-0.2, -0.15) is 0 Å². The van der Waals surface area contributed by atoms with Crippen molar-refractivity contribution in [2.75, 3.05) is 6.61 Å². The fourth-order valence-corrected chi connectivity index (χ4v) is 4.85. The standard InChI is InChI=1S/C25H27N3O2S/c1-6-30-25(29)21-14-28-13-18(22-12-26-23(31-22)9-15(2)3)11-20(24(28)27-21)19-8-7-16(4)10-17(19)5/h7-8,10-15H,6,9H2,1-5H3. The van der Waals surface area contributed by atoms with E-state index in [2.05, 4.69) is 61.9 Å². The molecule has 3 heterocycles. The molecule has 160 valence electrons. The number of esters is 1. The number of pyridine rings is 1. The molecule has 0 spiro atoms. The van der Waals surface area contributed by atoms with Gasteiger partial charge in [-0.25, -0.2) is 14.8 Å². The van der Waals surface area contributed by atoms with Gasteiger partial charge >= 0.3 is 5.97 Å². The number of hydrogen-bond acceptors (Lipinski definition) is 5. The molecule has 0 unspecified atom stereocenters. The van der Waals surface area contributed by atoms with Crippen LogP contribution in [0.5, 0.6) is 0 Å². The predicted molar refractivity (Wildman–Crippen MR) is 126 cm³/mol. The summed E-state index contributed by atoms with van der Waals surface area (Å²) in [5.74, 6) is 0.157. The maximum absolute atomic E-state index is 12.3. The van der Waals surface area contributed by atoms with Crippen LogP contribution >= 0.6 is 11.3 Å². The molecule has 1 aromatic carbocycles. The lowest BCUT2D eigenvalue weighted by molar-refractivity contribution is 0.0520. The first-order valence-electron chi connectivity index (χ1n) is 10.6. The molecular weight excluding hydrogens is 406 g/mol. The summed E-state index contributed by atoms with van der Waals surface area (Å²) in [6.45, 7) is 10.7. The van der Waals surface area contributed by atoms with Crippen molar-refractivity contribution in [1.82, 2.24) is 14.4 Å². The van der Waals surface area contributed by atoms with Crippen molar-refractivity contribution < 1.29 is 9.53 Å². The van der Waals surface area contributed by atoms with E-state index in [1.54, 1.807) is 24.5 Å². The van der Waals surface area contributed by atoms with E-state index < -0.39 is 5.97 Å². The Hall–Kier alpha value is -2.99. The lowest BCUT2D eigenvalue weighted by Gasteiger charge is -2.11. The minimum atomic E-state index is -0.406. The van der Waals surface area contributed by atoms with Gasteiger partial charge < -0.3 is 9.14 Å². The Morgan fingerprint density at radius 2 is 1.97 bits per heavy atom. The van der Waals surface area contributed by atoms with E-state index in [-0.39, 0.29) is 0 Å². The van der Waals surface area contributed by atoms with E-state index >= 15 is 0 Å². The Balaban J connectivity index is 1.90. The van der Waals surface area contributed by atoms with Crippen LogP contribution in [0.2, 0.25) is 0 Å². The Kier molecular flexibility index (Phi) is 5.92. The third kappa shape index (κ3) is 4.39. The summed E-state index contributed by atoms with van der Waals surface area (Å²) in [6, 6.07) is 8.55. The van der Waals surface area contributed by atoms with Gasteiger partial charge in [0.25, 0.3) is 0 Å². The third-order valence-corrected chi connectivity index (χ3v) is 6.20. The molecule has 4 aromatic rings. The van der Waals surface area contributed by atoms with Crippen LogP contribution in [0.4, 0.5) is 0 Å². The second kappa shape index (κ2) is 8.63. The van der Waals surface area contributed by atoms with Gasteiger partial charge in [-0.05, 0) is 43.9 Å². The smallest absolute Gasteiger partial charge is 0.358 e. The lowest BCUT2D eigenvalue weighted by Crippen LogP contribution is -2.04. The van der Waals surface area contributed by atoms with Crippen LogP contribution in [0, 0.1) is 19.8 Å². The number of fused-ring (bicyclic) bond motifs is 1. The number of ether oxygens (including phenoxy) is 1. The number of aryl methyl sites for hydroxylation is 2. The van der Waals surface area contributed by atoms with Crippen LogP contribution in [0.25, 0.3) is 27.2 Å². The van der Waals surface area contributed by atoms with Gasteiger partial charge in [-0.15, -0.1) is 11.3 Å². The van der Waals surface area contributed by atoms with Crippen molar-refractivity contribution >= 4 is 23.0 Å². The Bertz CT molecular complexity index is 1250. The maximum atomic E-state index is 12.3. The summed E-state index contributed by atoms with van der Waals surface area (Å²) in [6.07, 6.45) is 6.68. The highest BCUT2D eigenvalue weighted by atomic mass is 32.1. The van der Waals surface area contributed by atoms with Gasteiger partial charge in [0.1, 0.15) is 5.65 Å². The minimum Gasteiger partial charge on any atom is -0.461 e. The third-order valence-electron chi connectivity index (χ3n) is 5.13. The van der Waals surface area contributed by atoms with Gasteiger partial charge in [0.2, 0.25) is 0 Å². The zero-order valence-corrected chi connectivity index (χ0v) is 19.4. The first kappa shape index (κ1) is 21.2. The first-order chi connectivity index (χ1) is 14.9. The fraction of sp³-hybridized carbons (Fsp3) is 0.320. The van der Waals surface area contributed by atoms with Crippen LogP contribution < -0.4 is 0 Å². The maximum Gasteiger partial charge on any atom is 0.358 e. The largest absolute Gasteiger partial charge is 0.461 e. The fourth-order valence-electron chi connectivity index (χ4n) is 3.74. The van der Waals surface area contributed by atoms with E-state index in [1.165, 1.54) is 11.1 Å². The summed E-state index contributed by atoms with van der Waals surface area (Å²) in [5.41, 5.74) is 6.59. The van der Waals surface area contributed by atoms with Crippen molar-refractivity contribution in [3.8, 4) is 21.6 Å². The zero-order chi connectivity index (χ0) is 22.1. The normalized spacial score (nSPS) is 11.4. The average Bonchev–Trinajstić information content (AvgIpc) is 3.34. The summed E-state index contributed by atoms with van der Waals surface area (Å²) in [5, 5.41) is 1.14. The van der Waals surface area contributed by atoms with Gasteiger partial charge in [0.05, 0.1) is 16.5 Å². The van der Waals surface area contributed by atoms with Crippen LogP contribution in [-0.2, 0) is 11.2 Å². The average molecular weight is 434 g/mol. The van der Waals surface area contributed by atoms with E-state index in [9.17, 15) is 4.79 Å². The summed E-state index contributed by atoms with van der Waals surface area (Å²) in [4.78, 5) is 22.7. The predicted octanol–water partition coefficient (Wildman–Crippen LogP) is 6.12. The molecular formula is C25H27N3O2S. The minimum absolute atomic E-state index is 0.315. The number of thiazole rings is 1. The van der Waals surface area contributed by atoms with Crippen molar-refractivity contribution in [3.05, 3.63) is 64.7 Å². The summed E-state index contributed by atoms with van der Waals surface area (Å²) >= 11 is 1.72. The number of imidazole rings is 1. The monoisotopic (exact) mass is 433 g/mol. The highest BCUT2D eigenvalue weighted by molar-refractivity contribution is 7.15. The number of hydrogen-bond donors (Lipinski definition) is 0. The second-order valence-corrected chi connectivity index (χ2v) is 9.37. The number of nitrogens with zero attached hydrogens (tertiary/aromatic N) is 3. The molecule has 6 heteroatoms. The molecule has 0 radical (unpaired) electrons. The first-order valence-corrected chi connectivity index (χ1v) is 11.4. The Morgan fingerprint density at radius 3 is 2.68 bits per heavy atom. The molecule has 5 nitrogen and oxygen atoms in total. The molecule has 4 rings (SSSR count). The molecule has 0 aliphatic rings. The van der Waals surface area contributed by atoms with Crippen molar-refractivity contribution in [2.24, 2.45) is 5.92 Å². The molecule has 0 saturated carbocycles. The molecule has 0 bridgehead atoms. The topological polar surface area (TPSA) is 56.5 Å².